The van der Waals surface area contributed by atoms with Gasteiger partial charge in [0.05, 0.1) is 5.56 Å². The number of anilines is 1. The van der Waals surface area contributed by atoms with Crippen LogP contribution in [0.25, 0.3) is 0 Å². The van der Waals surface area contributed by atoms with Crippen LogP contribution in [-0.2, 0) is 4.79 Å². The quantitative estimate of drug-likeness (QED) is 0.780. The minimum Gasteiger partial charge on any atom is -0.467 e. The first-order valence-electron chi connectivity index (χ1n) is 11.5. The molecular formula is C24H27N5O3. The van der Waals surface area contributed by atoms with Gasteiger partial charge in [-0.2, -0.15) is 0 Å². The molecule has 7 rings (SSSR count). The summed E-state index contributed by atoms with van der Waals surface area (Å²) in [6, 6.07) is 9.23. The molecule has 2 aromatic rings. The Kier molecular flexibility index (Phi) is 4.55. The maximum Gasteiger partial charge on any atom is 0.258 e. The SMILES string of the molecule is O=C1N[C@]2(C[C@@H]3CC[C@@H]2C[C@@H]3C(=O)N2CCN(c3ncccn3)CC2)Oc2ccccc21. The molecule has 4 fully saturated rings. The molecule has 1 aromatic heterocycles. The fourth-order valence-electron chi connectivity index (χ4n) is 6.08. The van der Waals surface area contributed by atoms with E-state index in [1.54, 1.807) is 18.5 Å². The lowest BCUT2D eigenvalue weighted by Gasteiger charge is -2.55. The van der Waals surface area contributed by atoms with E-state index in [1.165, 1.54) is 0 Å². The zero-order valence-electron chi connectivity index (χ0n) is 17.9. The molecule has 166 valence electrons. The summed E-state index contributed by atoms with van der Waals surface area (Å²) in [5.74, 6) is 1.96. The number of hydrogen-bond acceptors (Lipinski definition) is 6. The molecular weight excluding hydrogens is 406 g/mol. The van der Waals surface area contributed by atoms with Crippen molar-refractivity contribution in [3.05, 3.63) is 48.3 Å². The van der Waals surface area contributed by atoms with E-state index < -0.39 is 5.72 Å². The number of carbonyl (C=O) groups excluding carboxylic acids is 2. The highest BCUT2D eigenvalue weighted by Crippen LogP contribution is 2.52. The van der Waals surface area contributed by atoms with E-state index in [4.69, 9.17) is 4.74 Å². The number of rotatable bonds is 2. The van der Waals surface area contributed by atoms with Crippen LogP contribution in [0.4, 0.5) is 5.95 Å². The Balaban J connectivity index is 1.14. The van der Waals surface area contributed by atoms with Crippen molar-refractivity contribution in [3.63, 3.8) is 0 Å². The number of piperazine rings is 1. The predicted octanol–water partition coefficient (Wildman–Crippen LogP) is 2.08. The van der Waals surface area contributed by atoms with Crippen LogP contribution >= 0.6 is 0 Å². The summed E-state index contributed by atoms with van der Waals surface area (Å²) in [7, 11) is 0. The summed E-state index contributed by atoms with van der Waals surface area (Å²) in [4.78, 5) is 39.0. The Morgan fingerprint density at radius 3 is 2.59 bits per heavy atom. The van der Waals surface area contributed by atoms with Crippen molar-refractivity contribution in [1.29, 1.82) is 0 Å². The lowest BCUT2D eigenvalue weighted by molar-refractivity contribution is -0.155. The second-order valence-corrected chi connectivity index (χ2v) is 9.38. The third kappa shape index (κ3) is 3.12. The number of nitrogens with zero attached hydrogens (tertiary/aromatic N) is 4. The van der Waals surface area contributed by atoms with E-state index in [-0.39, 0.29) is 29.6 Å². The number of benzene rings is 1. The fourth-order valence-corrected chi connectivity index (χ4v) is 6.08. The Morgan fingerprint density at radius 2 is 1.84 bits per heavy atom. The average molecular weight is 434 g/mol. The van der Waals surface area contributed by atoms with Crippen molar-refractivity contribution in [2.45, 2.75) is 31.4 Å². The predicted molar refractivity (Wildman–Crippen MR) is 117 cm³/mol. The molecule has 3 saturated carbocycles. The smallest absolute Gasteiger partial charge is 0.258 e. The molecule has 8 nitrogen and oxygen atoms in total. The van der Waals surface area contributed by atoms with Crippen molar-refractivity contribution in [2.75, 3.05) is 31.1 Å². The second kappa shape index (κ2) is 7.46. The molecule has 2 aliphatic heterocycles. The van der Waals surface area contributed by atoms with Gasteiger partial charge in [-0.15, -0.1) is 0 Å². The maximum absolute atomic E-state index is 13.5. The summed E-state index contributed by atoms with van der Waals surface area (Å²) in [5, 5.41) is 3.18. The summed E-state index contributed by atoms with van der Waals surface area (Å²) >= 11 is 0. The molecule has 3 aliphatic carbocycles. The second-order valence-electron chi connectivity index (χ2n) is 9.38. The van der Waals surface area contributed by atoms with E-state index in [0.717, 1.165) is 38.3 Å². The number of fused-ring (bicyclic) bond motifs is 3. The van der Waals surface area contributed by atoms with E-state index in [2.05, 4.69) is 20.2 Å². The van der Waals surface area contributed by atoms with Crippen LogP contribution in [0.2, 0.25) is 0 Å². The topological polar surface area (TPSA) is 87.7 Å². The Bertz CT molecular complexity index is 1040. The van der Waals surface area contributed by atoms with Gasteiger partial charge in [0, 0.05) is 56.8 Å². The van der Waals surface area contributed by atoms with Gasteiger partial charge in [0.1, 0.15) is 5.75 Å². The first-order chi connectivity index (χ1) is 15.6. The van der Waals surface area contributed by atoms with Crippen molar-refractivity contribution in [3.8, 4) is 5.75 Å². The summed E-state index contributed by atoms with van der Waals surface area (Å²) in [6.07, 6.45) is 6.97. The molecule has 8 heteroatoms. The lowest BCUT2D eigenvalue weighted by atomic mass is 9.59. The van der Waals surface area contributed by atoms with Crippen LogP contribution in [0.15, 0.2) is 42.7 Å². The number of ether oxygens (including phenoxy) is 1. The molecule has 5 aliphatic rings. The largest absolute Gasteiger partial charge is 0.467 e. The van der Waals surface area contributed by atoms with Crippen molar-refractivity contribution >= 4 is 17.8 Å². The Labute approximate surface area is 187 Å². The van der Waals surface area contributed by atoms with Crippen LogP contribution in [0.5, 0.6) is 5.75 Å². The van der Waals surface area contributed by atoms with Crippen molar-refractivity contribution < 1.29 is 14.3 Å². The van der Waals surface area contributed by atoms with Crippen LogP contribution in [0.1, 0.15) is 36.0 Å². The number of amides is 2. The minimum absolute atomic E-state index is 0.0107. The number of hydrogen-bond donors (Lipinski definition) is 1. The first kappa shape index (κ1) is 19.5. The Morgan fingerprint density at radius 1 is 1.06 bits per heavy atom. The molecule has 0 radical (unpaired) electrons. The summed E-state index contributed by atoms with van der Waals surface area (Å²) in [5.41, 5.74) is -0.0819. The number of aromatic nitrogens is 2. The molecule has 2 bridgehead atoms. The van der Waals surface area contributed by atoms with Crippen LogP contribution in [-0.4, -0.2) is 58.6 Å². The van der Waals surface area contributed by atoms with Crippen LogP contribution < -0.4 is 15.0 Å². The normalized spacial score (nSPS) is 31.1. The van der Waals surface area contributed by atoms with Gasteiger partial charge in [-0.05, 0) is 43.4 Å². The van der Waals surface area contributed by atoms with Gasteiger partial charge in [-0.3, -0.25) is 9.59 Å². The van der Waals surface area contributed by atoms with Gasteiger partial charge < -0.3 is 19.9 Å². The molecule has 1 aromatic carbocycles. The van der Waals surface area contributed by atoms with Crippen molar-refractivity contribution in [2.24, 2.45) is 17.8 Å². The molecule has 0 unspecified atom stereocenters. The number of carbonyl (C=O) groups is 2. The molecule has 1 N–H and O–H groups in total. The number of para-hydroxylation sites is 1. The molecule has 3 heterocycles. The monoisotopic (exact) mass is 433 g/mol. The molecule has 32 heavy (non-hydrogen) atoms. The maximum atomic E-state index is 13.5. The van der Waals surface area contributed by atoms with Gasteiger partial charge in [0.25, 0.3) is 5.91 Å². The fraction of sp³-hybridized carbons (Fsp3) is 0.500. The minimum atomic E-state index is -0.672. The third-order valence-electron chi connectivity index (χ3n) is 7.71. The highest BCUT2D eigenvalue weighted by molar-refractivity contribution is 5.98. The van der Waals surface area contributed by atoms with Gasteiger partial charge in [0.15, 0.2) is 5.72 Å². The third-order valence-corrected chi connectivity index (χ3v) is 7.71. The highest BCUT2D eigenvalue weighted by Gasteiger charge is 2.57. The molecule has 1 spiro atoms. The molecule has 2 amide bonds. The van der Waals surface area contributed by atoms with Crippen molar-refractivity contribution in [1.82, 2.24) is 20.2 Å². The molecule has 1 saturated heterocycles. The van der Waals surface area contributed by atoms with Crippen LogP contribution in [0, 0.1) is 17.8 Å². The Hall–Kier alpha value is -3.16. The summed E-state index contributed by atoms with van der Waals surface area (Å²) < 4.78 is 6.42. The standard InChI is InChI=1S/C24H27N5O3/c30-21-18-4-1-2-5-20(18)32-24(27-21)15-16-6-7-17(24)14-19(16)22(31)28-10-12-29(13-11-28)23-25-8-3-9-26-23/h1-5,8-9,16-17,19H,6-7,10-15H2,(H,27,30)/t16-,17+,19-,24+/m0/s1. The zero-order chi connectivity index (χ0) is 21.7. The van der Waals surface area contributed by atoms with E-state index in [1.807, 2.05) is 29.2 Å². The average Bonchev–Trinajstić information content (AvgIpc) is 2.84. The van der Waals surface area contributed by atoms with Gasteiger partial charge >= 0.3 is 0 Å². The van der Waals surface area contributed by atoms with E-state index in [9.17, 15) is 9.59 Å². The highest BCUT2D eigenvalue weighted by atomic mass is 16.5. The molecule has 4 atom stereocenters. The number of nitrogens with one attached hydrogen (secondary N) is 1. The summed E-state index contributed by atoms with van der Waals surface area (Å²) in [6.45, 7) is 2.88. The van der Waals surface area contributed by atoms with Crippen LogP contribution in [0.3, 0.4) is 0 Å². The van der Waals surface area contributed by atoms with Gasteiger partial charge in [0.2, 0.25) is 11.9 Å². The first-order valence-corrected chi connectivity index (χ1v) is 11.5. The van der Waals surface area contributed by atoms with Gasteiger partial charge in [-0.1, -0.05) is 12.1 Å². The van der Waals surface area contributed by atoms with E-state index >= 15 is 0 Å². The van der Waals surface area contributed by atoms with E-state index in [0.29, 0.717) is 30.8 Å². The zero-order valence-corrected chi connectivity index (χ0v) is 17.9. The van der Waals surface area contributed by atoms with Gasteiger partial charge in [-0.25, -0.2) is 9.97 Å². The lowest BCUT2D eigenvalue weighted by Crippen LogP contribution is -2.67.